The molecular formula is C20H22N4OS. The van der Waals surface area contributed by atoms with E-state index < -0.39 is 0 Å². The minimum atomic E-state index is 0.0866. The Kier molecular flexibility index (Phi) is 4.51. The van der Waals surface area contributed by atoms with Crippen LogP contribution < -0.4 is 4.90 Å². The third kappa shape index (κ3) is 3.24. The highest BCUT2D eigenvalue weighted by Gasteiger charge is 2.21. The molecule has 1 aliphatic heterocycles. The number of carbonyl (C=O) groups excluding carboxylic acids is 1. The normalized spacial score (nSPS) is 14.0. The molecule has 1 amide bonds. The van der Waals surface area contributed by atoms with Crippen molar-refractivity contribution in [3.63, 3.8) is 0 Å². The number of hydrogen-bond donors (Lipinski definition) is 1. The van der Waals surface area contributed by atoms with Crippen molar-refractivity contribution in [2.75, 3.05) is 32.1 Å². The zero-order chi connectivity index (χ0) is 18.1. The van der Waals surface area contributed by atoms with Crippen molar-refractivity contribution in [3.8, 4) is 21.8 Å². The first-order valence-corrected chi connectivity index (χ1v) is 9.71. The predicted molar refractivity (Wildman–Crippen MR) is 107 cm³/mol. The molecule has 1 aromatic carbocycles. The van der Waals surface area contributed by atoms with E-state index >= 15 is 0 Å². The maximum atomic E-state index is 12.5. The van der Waals surface area contributed by atoms with Crippen LogP contribution in [0.3, 0.4) is 0 Å². The number of hydrogen-bond acceptors (Lipinski definition) is 4. The number of benzene rings is 1. The Hall–Kier alpha value is -2.60. The Morgan fingerprint density at radius 3 is 2.58 bits per heavy atom. The highest BCUT2D eigenvalue weighted by molar-refractivity contribution is 7.13. The lowest BCUT2D eigenvalue weighted by Gasteiger charge is -2.13. The first-order chi connectivity index (χ1) is 12.6. The van der Waals surface area contributed by atoms with Gasteiger partial charge < -0.3 is 14.8 Å². The van der Waals surface area contributed by atoms with E-state index in [1.54, 1.807) is 11.3 Å². The topological polar surface area (TPSA) is 52.2 Å². The summed E-state index contributed by atoms with van der Waals surface area (Å²) in [5.41, 5.74) is 4.78. The highest BCUT2D eigenvalue weighted by Crippen LogP contribution is 2.30. The molecule has 3 aromatic rings. The third-order valence-corrected chi connectivity index (χ3v) is 5.63. The second kappa shape index (κ2) is 6.96. The van der Waals surface area contributed by atoms with E-state index in [0.29, 0.717) is 5.69 Å². The first-order valence-electron chi connectivity index (χ1n) is 8.83. The van der Waals surface area contributed by atoms with Gasteiger partial charge in [0.25, 0.3) is 5.91 Å². The van der Waals surface area contributed by atoms with Crippen molar-refractivity contribution in [3.05, 3.63) is 47.6 Å². The Balaban J connectivity index is 1.53. The average molecular weight is 366 g/mol. The molecule has 5 nitrogen and oxygen atoms in total. The summed E-state index contributed by atoms with van der Waals surface area (Å²) in [5, 5.41) is 3.03. The van der Waals surface area contributed by atoms with Gasteiger partial charge in [0.2, 0.25) is 0 Å². The molecule has 1 fully saturated rings. The summed E-state index contributed by atoms with van der Waals surface area (Å²) in [4.78, 5) is 24.3. The zero-order valence-electron chi connectivity index (χ0n) is 15.0. The summed E-state index contributed by atoms with van der Waals surface area (Å²) in [5.74, 6) is 0.0866. The van der Waals surface area contributed by atoms with Gasteiger partial charge in [-0.2, -0.15) is 0 Å². The maximum absolute atomic E-state index is 12.5. The number of rotatable bonds is 4. The molecule has 134 valence electrons. The summed E-state index contributed by atoms with van der Waals surface area (Å²) >= 11 is 1.62. The van der Waals surface area contributed by atoms with E-state index in [0.717, 1.165) is 47.8 Å². The molecule has 1 aliphatic rings. The largest absolute Gasteiger partial charge is 0.378 e. The highest BCUT2D eigenvalue weighted by atomic mass is 32.1. The summed E-state index contributed by atoms with van der Waals surface area (Å²) in [6.45, 7) is 1.72. The predicted octanol–water partition coefficient (Wildman–Crippen LogP) is 4.11. The van der Waals surface area contributed by atoms with Crippen LogP contribution in [0, 0.1) is 0 Å². The molecule has 0 bridgehead atoms. The van der Waals surface area contributed by atoms with E-state index in [2.05, 4.69) is 34.1 Å². The van der Waals surface area contributed by atoms with Crippen LogP contribution in [0.25, 0.3) is 21.8 Å². The molecule has 0 saturated carbocycles. The molecule has 0 radical (unpaired) electrons. The van der Waals surface area contributed by atoms with Gasteiger partial charge in [-0.3, -0.25) is 4.79 Å². The van der Waals surface area contributed by atoms with Crippen molar-refractivity contribution in [1.29, 1.82) is 0 Å². The number of amides is 1. The van der Waals surface area contributed by atoms with Gasteiger partial charge in [0.05, 0.1) is 5.69 Å². The summed E-state index contributed by atoms with van der Waals surface area (Å²) in [6.07, 6.45) is 4.07. The molecule has 6 heteroatoms. The van der Waals surface area contributed by atoms with Gasteiger partial charge in [-0.1, -0.05) is 0 Å². The Bertz CT molecular complexity index is 904. The molecular weight excluding hydrogens is 344 g/mol. The Morgan fingerprint density at radius 1 is 1.15 bits per heavy atom. The zero-order valence-corrected chi connectivity index (χ0v) is 15.8. The molecule has 1 saturated heterocycles. The summed E-state index contributed by atoms with van der Waals surface area (Å²) in [7, 11) is 4.06. The van der Waals surface area contributed by atoms with Gasteiger partial charge in [-0.15, -0.1) is 11.3 Å². The van der Waals surface area contributed by atoms with Crippen LogP contribution in [-0.4, -0.2) is 48.0 Å². The van der Waals surface area contributed by atoms with E-state index in [1.165, 1.54) is 5.69 Å². The van der Waals surface area contributed by atoms with E-state index in [-0.39, 0.29) is 5.91 Å². The van der Waals surface area contributed by atoms with E-state index in [1.807, 2.05) is 36.6 Å². The maximum Gasteiger partial charge on any atom is 0.270 e. The third-order valence-electron chi connectivity index (χ3n) is 4.74. The second-order valence-electron chi connectivity index (χ2n) is 6.78. The number of nitrogens with zero attached hydrogens (tertiary/aromatic N) is 3. The number of aromatic amines is 1. The minimum Gasteiger partial charge on any atom is -0.378 e. The van der Waals surface area contributed by atoms with Crippen molar-refractivity contribution in [1.82, 2.24) is 14.9 Å². The van der Waals surface area contributed by atoms with Crippen LogP contribution in [0.5, 0.6) is 0 Å². The molecule has 2 aromatic heterocycles. The Labute approximate surface area is 157 Å². The van der Waals surface area contributed by atoms with Crippen molar-refractivity contribution in [2.45, 2.75) is 12.8 Å². The SMILES string of the molecule is CN(C)c1ccc(-c2nc(-c3c[nH]c(C(=O)N4CCCC4)c3)cs2)cc1. The quantitative estimate of drug-likeness (QED) is 0.756. The van der Waals surface area contributed by atoms with Gasteiger partial charge >= 0.3 is 0 Å². The van der Waals surface area contributed by atoms with Crippen LogP contribution in [-0.2, 0) is 0 Å². The number of aromatic nitrogens is 2. The Morgan fingerprint density at radius 2 is 1.88 bits per heavy atom. The molecule has 0 spiro atoms. The molecule has 3 heterocycles. The molecule has 0 aliphatic carbocycles. The molecule has 0 atom stereocenters. The van der Waals surface area contributed by atoms with Crippen molar-refractivity contribution in [2.24, 2.45) is 0 Å². The number of nitrogens with one attached hydrogen (secondary N) is 1. The lowest BCUT2D eigenvalue weighted by Crippen LogP contribution is -2.27. The summed E-state index contributed by atoms with van der Waals surface area (Å²) < 4.78 is 0. The van der Waals surface area contributed by atoms with Crippen LogP contribution in [0.1, 0.15) is 23.3 Å². The van der Waals surface area contributed by atoms with Gasteiger partial charge in [0.1, 0.15) is 10.7 Å². The van der Waals surface area contributed by atoms with Gasteiger partial charge in [-0.25, -0.2) is 4.98 Å². The van der Waals surface area contributed by atoms with Crippen LogP contribution >= 0.6 is 11.3 Å². The number of thiazole rings is 1. The monoisotopic (exact) mass is 366 g/mol. The molecule has 0 unspecified atom stereocenters. The molecule has 4 rings (SSSR count). The second-order valence-corrected chi connectivity index (χ2v) is 7.64. The fraction of sp³-hybridized carbons (Fsp3) is 0.300. The van der Waals surface area contributed by atoms with Gasteiger partial charge in [-0.05, 0) is 43.2 Å². The number of carbonyl (C=O) groups is 1. The van der Waals surface area contributed by atoms with Crippen LogP contribution in [0.2, 0.25) is 0 Å². The van der Waals surface area contributed by atoms with Gasteiger partial charge in [0.15, 0.2) is 0 Å². The molecule has 1 N–H and O–H groups in total. The lowest BCUT2D eigenvalue weighted by molar-refractivity contribution is 0.0788. The van der Waals surface area contributed by atoms with Crippen molar-refractivity contribution >= 4 is 22.9 Å². The molecule has 26 heavy (non-hydrogen) atoms. The first kappa shape index (κ1) is 16.8. The van der Waals surface area contributed by atoms with Gasteiger partial charge in [0, 0.05) is 55.6 Å². The standard InChI is InChI=1S/C20H22N4OS/c1-23(2)16-7-5-14(6-8-16)19-22-18(13-26-19)15-11-17(21-12-15)20(25)24-9-3-4-10-24/h5-8,11-13,21H,3-4,9-10H2,1-2H3. The van der Waals surface area contributed by atoms with Crippen LogP contribution in [0.4, 0.5) is 5.69 Å². The number of anilines is 1. The fourth-order valence-corrected chi connectivity index (χ4v) is 4.03. The number of H-pyrrole nitrogens is 1. The fourth-order valence-electron chi connectivity index (χ4n) is 3.20. The van der Waals surface area contributed by atoms with E-state index in [4.69, 9.17) is 4.98 Å². The average Bonchev–Trinajstić information content (AvgIpc) is 3.42. The smallest absolute Gasteiger partial charge is 0.270 e. The minimum absolute atomic E-state index is 0.0866. The number of likely N-dealkylation sites (tertiary alicyclic amines) is 1. The van der Waals surface area contributed by atoms with E-state index in [9.17, 15) is 4.79 Å². The van der Waals surface area contributed by atoms with Crippen LogP contribution in [0.15, 0.2) is 41.9 Å². The summed E-state index contributed by atoms with van der Waals surface area (Å²) in [6, 6.07) is 10.3. The van der Waals surface area contributed by atoms with Crippen molar-refractivity contribution < 1.29 is 4.79 Å². The lowest BCUT2D eigenvalue weighted by atomic mass is 10.2.